The van der Waals surface area contributed by atoms with Gasteiger partial charge in [0.05, 0.1) is 11.6 Å². The number of nitriles is 1. The van der Waals surface area contributed by atoms with E-state index in [1.165, 1.54) is 24.4 Å². The van der Waals surface area contributed by atoms with Gasteiger partial charge in [0.1, 0.15) is 34.5 Å². The molecule has 214 valence electrons. The van der Waals surface area contributed by atoms with Crippen molar-refractivity contribution in [3.8, 4) is 17.3 Å². The fourth-order valence-electron chi connectivity index (χ4n) is 8.86. The van der Waals surface area contributed by atoms with Crippen molar-refractivity contribution in [2.45, 2.75) is 33.1 Å². The molecular weight excluding hydrogens is 537 g/mol. The summed E-state index contributed by atoms with van der Waals surface area (Å²) in [7, 11) is 0. The number of carboxylic acid groups (broad SMARTS) is 1. The molecule has 42 heavy (non-hydrogen) atoms. The number of halogens is 1. The molecule has 3 fully saturated rings. The number of fused-ring (bicyclic) bond motifs is 1. The van der Waals surface area contributed by atoms with Gasteiger partial charge in [-0.25, -0.2) is 19.3 Å². The third kappa shape index (κ3) is 3.38. The quantitative estimate of drug-likeness (QED) is 0.298. The van der Waals surface area contributed by atoms with Crippen LogP contribution in [-0.2, 0) is 10.2 Å². The second-order valence-electron chi connectivity index (χ2n) is 12.0. The van der Waals surface area contributed by atoms with Crippen molar-refractivity contribution in [2.24, 2.45) is 35.0 Å². The maximum absolute atomic E-state index is 15.7. The van der Waals surface area contributed by atoms with E-state index in [1.54, 1.807) is 18.3 Å². The Balaban J connectivity index is 0.00000101. The average Bonchev–Trinajstić information content (AvgIpc) is 3.32. The van der Waals surface area contributed by atoms with Gasteiger partial charge in [-0.3, -0.25) is 14.0 Å². The summed E-state index contributed by atoms with van der Waals surface area (Å²) < 4.78 is 17.7. The molecule has 11 heteroatoms. The zero-order valence-corrected chi connectivity index (χ0v) is 23.5. The second-order valence-corrected chi connectivity index (χ2v) is 12.0. The minimum atomic E-state index is -0.586. The summed E-state index contributed by atoms with van der Waals surface area (Å²) in [5.41, 5.74) is 8.38. The second kappa shape index (κ2) is 9.34. The highest BCUT2D eigenvalue weighted by atomic mass is 19.1. The van der Waals surface area contributed by atoms with E-state index in [9.17, 15) is 4.79 Å². The number of carbonyl (C=O) groups is 2. The zero-order valence-electron chi connectivity index (χ0n) is 23.5. The summed E-state index contributed by atoms with van der Waals surface area (Å²) in [5, 5.41) is 18.6. The number of anilines is 2. The lowest BCUT2D eigenvalue weighted by atomic mass is 9.15. The number of nitrogens with zero attached hydrogens (tertiary/aromatic N) is 5. The molecule has 0 radical (unpaired) electrons. The number of carbonyl (C=O) groups excluding carboxylic acids is 1. The van der Waals surface area contributed by atoms with E-state index in [-0.39, 0.29) is 34.6 Å². The maximum atomic E-state index is 15.7. The molecule has 1 aromatic carbocycles. The van der Waals surface area contributed by atoms with Crippen molar-refractivity contribution in [3.05, 3.63) is 71.7 Å². The van der Waals surface area contributed by atoms with Gasteiger partial charge < -0.3 is 16.2 Å². The van der Waals surface area contributed by atoms with Crippen LogP contribution in [0.15, 0.2) is 48.9 Å². The fourth-order valence-corrected chi connectivity index (χ4v) is 8.86. The molecule has 0 spiro atoms. The predicted molar refractivity (Wildman–Crippen MR) is 153 cm³/mol. The number of aromatic nitrogens is 4. The first-order valence-corrected chi connectivity index (χ1v) is 13.7. The molecule has 1 amide bonds. The standard InChI is InChI=1S/C30H28FN7O.CH2O2/c1-14-21-23-22(29(21,3)4)15(2)30(14,23)28-37-24(25-26(33)35-9-10-38(25)28)18-6-5-17(12-19(18)31)27(39)36-20-11-16(13-32)7-8-34-20;2-1-3/h5-12,14-15,21-23H,1-4H3,(H2,33,35)(H,34,36,39);1H,(H,2,3). The lowest BCUT2D eigenvalue weighted by molar-refractivity contribution is -0.385. The van der Waals surface area contributed by atoms with E-state index < -0.39 is 11.7 Å². The van der Waals surface area contributed by atoms with Gasteiger partial charge in [-0.15, -0.1) is 0 Å². The molecule has 3 aliphatic rings. The molecule has 3 aliphatic carbocycles. The Morgan fingerprint density at radius 2 is 1.83 bits per heavy atom. The highest BCUT2D eigenvalue weighted by Crippen LogP contribution is 2.87. The van der Waals surface area contributed by atoms with Crippen LogP contribution in [0.25, 0.3) is 16.8 Å². The normalized spacial score (nSPS) is 27.6. The molecule has 0 aliphatic heterocycles. The van der Waals surface area contributed by atoms with E-state index in [1.807, 2.05) is 16.7 Å². The minimum Gasteiger partial charge on any atom is -0.483 e. The average molecular weight is 568 g/mol. The van der Waals surface area contributed by atoms with Crippen molar-refractivity contribution in [1.29, 1.82) is 5.26 Å². The number of hydrogen-bond donors (Lipinski definition) is 3. The summed E-state index contributed by atoms with van der Waals surface area (Å²) >= 11 is 0. The van der Waals surface area contributed by atoms with E-state index in [0.29, 0.717) is 51.8 Å². The summed E-state index contributed by atoms with van der Waals surface area (Å²) in [4.78, 5) is 34.6. The minimum absolute atomic E-state index is 0.0684. The lowest BCUT2D eigenvalue weighted by Crippen LogP contribution is -2.88. The van der Waals surface area contributed by atoms with E-state index >= 15 is 4.39 Å². The van der Waals surface area contributed by atoms with Crippen LogP contribution in [0.1, 0.15) is 49.4 Å². The first-order valence-electron chi connectivity index (χ1n) is 13.7. The predicted octanol–water partition coefficient (Wildman–Crippen LogP) is 4.76. The number of benzene rings is 1. The van der Waals surface area contributed by atoms with Crippen LogP contribution in [0.3, 0.4) is 0 Å². The highest BCUT2D eigenvalue weighted by Gasteiger charge is 2.87. The molecular formula is C31H30FN7O3. The number of nitrogens with two attached hydrogens (primary N) is 1. The van der Waals surface area contributed by atoms with Crippen LogP contribution < -0.4 is 11.1 Å². The molecule has 10 nitrogen and oxygen atoms in total. The summed E-state index contributed by atoms with van der Waals surface area (Å²) in [6.45, 7) is 9.18. The number of amides is 1. The van der Waals surface area contributed by atoms with Crippen LogP contribution in [0.2, 0.25) is 0 Å². The third-order valence-corrected chi connectivity index (χ3v) is 10.2. The number of pyridine rings is 1. The molecule has 3 heterocycles. The Morgan fingerprint density at radius 3 is 2.45 bits per heavy atom. The van der Waals surface area contributed by atoms with Gasteiger partial charge in [-0.05, 0) is 65.3 Å². The van der Waals surface area contributed by atoms with Crippen LogP contribution in [0, 0.1) is 52.2 Å². The monoisotopic (exact) mass is 567 g/mol. The van der Waals surface area contributed by atoms with Crippen LogP contribution >= 0.6 is 0 Å². The molecule has 4 unspecified atom stereocenters. The number of nitrogen functional groups attached to an aromatic ring is 1. The summed E-state index contributed by atoms with van der Waals surface area (Å²) in [6, 6.07) is 9.29. The first kappa shape index (κ1) is 27.3. The third-order valence-electron chi connectivity index (χ3n) is 10.2. The van der Waals surface area contributed by atoms with E-state index in [0.717, 1.165) is 5.82 Å². The largest absolute Gasteiger partial charge is 0.483 e. The smallest absolute Gasteiger partial charge is 0.290 e. The lowest BCUT2D eigenvalue weighted by Gasteiger charge is -2.88. The number of nitrogens with one attached hydrogen (secondary N) is 1. The van der Waals surface area contributed by atoms with Crippen LogP contribution in [0.4, 0.5) is 16.0 Å². The number of hydrogen-bond acceptors (Lipinski definition) is 7. The van der Waals surface area contributed by atoms with Crippen molar-refractivity contribution >= 4 is 29.5 Å². The molecule has 3 saturated carbocycles. The van der Waals surface area contributed by atoms with Crippen molar-refractivity contribution in [1.82, 2.24) is 19.4 Å². The van der Waals surface area contributed by atoms with Crippen LogP contribution in [-0.4, -0.2) is 36.8 Å². The molecule has 0 bridgehead atoms. The van der Waals surface area contributed by atoms with Crippen molar-refractivity contribution in [3.63, 3.8) is 0 Å². The van der Waals surface area contributed by atoms with Gasteiger partial charge in [-0.1, -0.05) is 27.7 Å². The molecule has 4 N–H and O–H groups in total. The Labute approximate surface area is 241 Å². The topological polar surface area (TPSA) is 159 Å². The van der Waals surface area contributed by atoms with Gasteiger partial charge in [0, 0.05) is 35.1 Å². The summed E-state index contributed by atoms with van der Waals surface area (Å²) in [5.74, 6) is 3.11. The van der Waals surface area contributed by atoms with Gasteiger partial charge in [0.2, 0.25) is 0 Å². The van der Waals surface area contributed by atoms with Gasteiger partial charge in [0.25, 0.3) is 12.4 Å². The first-order chi connectivity index (χ1) is 20.0. The van der Waals surface area contributed by atoms with Gasteiger partial charge in [-0.2, -0.15) is 5.26 Å². The fraction of sp³-hybridized carbons (Fsp3) is 0.355. The Kier molecular flexibility index (Phi) is 6.08. The Morgan fingerprint density at radius 1 is 1.14 bits per heavy atom. The van der Waals surface area contributed by atoms with Gasteiger partial charge >= 0.3 is 0 Å². The SMILES string of the molecule is CC1C2C3C(C(C)C13c1nc(-c3ccc(C(=O)Nc4cc(C#N)ccn4)cc3F)c3c(N)nccn13)C2(C)C.O=CO. The van der Waals surface area contributed by atoms with Crippen molar-refractivity contribution in [2.75, 3.05) is 11.1 Å². The molecule has 4 atom stereocenters. The van der Waals surface area contributed by atoms with Crippen molar-refractivity contribution < 1.29 is 19.1 Å². The van der Waals surface area contributed by atoms with Crippen LogP contribution in [0.5, 0.6) is 0 Å². The van der Waals surface area contributed by atoms with E-state index in [2.05, 4.69) is 43.0 Å². The number of rotatable bonds is 4. The molecule has 3 aromatic heterocycles. The maximum Gasteiger partial charge on any atom is 0.290 e. The summed E-state index contributed by atoms with van der Waals surface area (Å²) in [6.07, 6.45) is 4.97. The Bertz CT molecular complexity index is 1780. The zero-order chi connectivity index (χ0) is 30.1. The molecule has 0 saturated heterocycles. The Hall–Kier alpha value is -4.85. The highest BCUT2D eigenvalue weighted by molar-refractivity contribution is 6.04. The van der Waals surface area contributed by atoms with E-state index in [4.69, 9.17) is 25.9 Å². The number of imidazole rings is 1. The molecule has 7 rings (SSSR count). The molecule has 4 aromatic rings. The van der Waals surface area contributed by atoms with Gasteiger partial charge in [0.15, 0.2) is 0 Å².